The Labute approximate surface area is 118 Å². The van der Waals surface area contributed by atoms with Gasteiger partial charge in [-0.3, -0.25) is 4.79 Å². The van der Waals surface area contributed by atoms with Crippen molar-refractivity contribution in [3.8, 4) is 0 Å². The molecule has 0 saturated carbocycles. The van der Waals surface area contributed by atoms with Crippen LogP contribution in [0.1, 0.15) is 11.3 Å². The van der Waals surface area contributed by atoms with Crippen LogP contribution in [0.15, 0.2) is 25.8 Å². The fraction of sp³-hybridized carbons (Fsp3) is 0.300. The summed E-state index contributed by atoms with van der Waals surface area (Å²) in [7, 11) is -1.72. The molecule has 2 rings (SSSR count). The summed E-state index contributed by atoms with van der Waals surface area (Å²) in [5.41, 5.74) is 1.49. The Morgan fingerprint density at radius 2 is 2.05 bits per heavy atom. The van der Waals surface area contributed by atoms with E-state index in [1.807, 2.05) is 0 Å². The number of nitrogens with one attached hydrogen (secondary N) is 3. The largest absolute Gasteiger partial charge is 0.316 e. The summed E-state index contributed by atoms with van der Waals surface area (Å²) in [5.74, 6) is 0. The average Bonchev–Trinajstić information content (AvgIpc) is 2.97. The number of aromatic nitrogens is 1. The van der Waals surface area contributed by atoms with Gasteiger partial charge in [0.25, 0.3) is 0 Å². The summed E-state index contributed by atoms with van der Waals surface area (Å²) < 4.78 is 26.8. The summed E-state index contributed by atoms with van der Waals surface area (Å²) in [4.78, 5) is 13.3. The average molecular weight is 319 g/mol. The third-order valence-corrected chi connectivity index (χ3v) is 5.91. The normalized spacial score (nSPS) is 11.8. The van der Waals surface area contributed by atoms with Crippen LogP contribution in [0.4, 0.5) is 0 Å². The second-order valence-corrected chi connectivity index (χ2v) is 7.55. The van der Waals surface area contributed by atoms with E-state index in [1.54, 1.807) is 23.9 Å². The Kier molecular flexibility index (Phi) is 4.53. The number of sulfonamides is 1. The van der Waals surface area contributed by atoms with Crippen molar-refractivity contribution in [2.24, 2.45) is 0 Å². The highest BCUT2D eigenvalue weighted by atomic mass is 32.2. The standard InChI is InChI=1S/C10H13N3O3S3/c1-11-3-7-2-9(17-5-7)19(15,16)12-4-8-6-18-10(14)13-8/h2,5-6,11-12H,3-4H2,1H3,(H,13,14). The predicted molar refractivity (Wildman–Crippen MR) is 76.0 cm³/mol. The SMILES string of the molecule is CNCc1csc(S(=O)(=O)NCc2csc(=O)[nH]2)c1. The summed E-state index contributed by atoms with van der Waals surface area (Å²) in [6.45, 7) is 0.713. The fourth-order valence-electron chi connectivity index (χ4n) is 1.44. The van der Waals surface area contributed by atoms with E-state index in [2.05, 4.69) is 15.0 Å². The molecule has 3 N–H and O–H groups in total. The maximum atomic E-state index is 12.0. The van der Waals surface area contributed by atoms with Crippen molar-refractivity contribution < 1.29 is 8.42 Å². The van der Waals surface area contributed by atoms with Crippen molar-refractivity contribution >= 4 is 32.7 Å². The molecule has 0 unspecified atom stereocenters. The number of rotatable bonds is 6. The van der Waals surface area contributed by atoms with Crippen molar-refractivity contribution in [1.29, 1.82) is 0 Å². The minimum absolute atomic E-state index is 0.0837. The molecule has 0 fully saturated rings. The molecule has 0 atom stereocenters. The van der Waals surface area contributed by atoms with E-state index in [1.165, 1.54) is 11.3 Å². The van der Waals surface area contributed by atoms with E-state index in [4.69, 9.17) is 0 Å². The molecule has 9 heteroatoms. The van der Waals surface area contributed by atoms with Crippen molar-refractivity contribution in [1.82, 2.24) is 15.0 Å². The number of aromatic amines is 1. The molecular formula is C10H13N3O3S3. The fourth-order valence-corrected chi connectivity index (χ4v) is 4.28. The van der Waals surface area contributed by atoms with Crippen molar-refractivity contribution in [3.05, 3.63) is 37.8 Å². The molecule has 0 amide bonds. The summed E-state index contributed by atoms with van der Waals surface area (Å²) >= 11 is 2.19. The zero-order valence-corrected chi connectivity index (χ0v) is 12.5. The third kappa shape index (κ3) is 3.74. The first kappa shape index (κ1) is 14.4. The van der Waals surface area contributed by atoms with Crippen LogP contribution < -0.4 is 14.9 Å². The topological polar surface area (TPSA) is 91.1 Å². The number of H-pyrrole nitrogens is 1. The molecule has 0 saturated heterocycles. The highest BCUT2D eigenvalue weighted by molar-refractivity contribution is 7.91. The maximum absolute atomic E-state index is 12.0. The van der Waals surface area contributed by atoms with Crippen LogP contribution in [0, 0.1) is 0 Å². The van der Waals surface area contributed by atoms with Gasteiger partial charge in [0.05, 0.1) is 6.54 Å². The molecule has 2 aromatic rings. The number of thiazole rings is 1. The number of hydrogen-bond donors (Lipinski definition) is 3. The first-order chi connectivity index (χ1) is 9.01. The lowest BCUT2D eigenvalue weighted by molar-refractivity contribution is 0.582. The van der Waals surface area contributed by atoms with Gasteiger partial charge in [0.15, 0.2) is 0 Å². The zero-order chi connectivity index (χ0) is 13.9. The molecule has 2 aromatic heterocycles. The van der Waals surface area contributed by atoms with E-state index >= 15 is 0 Å². The van der Waals surface area contributed by atoms with Gasteiger partial charge in [-0.05, 0) is 24.1 Å². The first-order valence-electron chi connectivity index (χ1n) is 5.39. The molecule has 2 heterocycles. The Morgan fingerprint density at radius 1 is 1.26 bits per heavy atom. The van der Waals surface area contributed by atoms with Crippen LogP contribution in [0.3, 0.4) is 0 Å². The highest BCUT2D eigenvalue weighted by Crippen LogP contribution is 2.20. The molecular weight excluding hydrogens is 306 g/mol. The molecule has 0 aromatic carbocycles. The van der Waals surface area contributed by atoms with Crippen LogP contribution in [-0.2, 0) is 23.1 Å². The first-order valence-corrected chi connectivity index (χ1v) is 8.64. The van der Waals surface area contributed by atoms with Gasteiger partial charge < -0.3 is 10.3 Å². The highest BCUT2D eigenvalue weighted by Gasteiger charge is 2.16. The molecule has 0 radical (unpaired) electrons. The van der Waals surface area contributed by atoms with Gasteiger partial charge in [0.1, 0.15) is 4.21 Å². The Hall–Kier alpha value is -1.00. The van der Waals surface area contributed by atoms with E-state index in [0.717, 1.165) is 16.9 Å². The Morgan fingerprint density at radius 3 is 2.68 bits per heavy atom. The summed E-state index contributed by atoms with van der Waals surface area (Å²) in [6.07, 6.45) is 0. The van der Waals surface area contributed by atoms with Gasteiger partial charge in [0.2, 0.25) is 10.0 Å². The molecule has 0 spiro atoms. The van der Waals surface area contributed by atoms with E-state index < -0.39 is 10.0 Å². The molecule has 19 heavy (non-hydrogen) atoms. The molecule has 0 aliphatic carbocycles. The lowest BCUT2D eigenvalue weighted by Gasteiger charge is -2.02. The second-order valence-electron chi connectivity index (χ2n) is 3.80. The van der Waals surface area contributed by atoms with Crippen molar-refractivity contribution in [3.63, 3.8) is 0 Å². The minimum Gasteiger partial charge on any atom is -0.316 e. The third-order valence-electron chi connectivity index (χ3n) is 2.30. The molecule has 0 aliphatic rings. The Bertz CT molecular complexity index is 699. The van der Waals surface area contributed by atoms with Crippen LogP contribution >= 0.6 is 22.7 Å². The lowest BCUT2D eigenvalue weighted by Crippen LogP contribution is -2.22. The molecule has 104 valence electrons. The van der Waals surface area contributed by atoms with Gasteiger partial charge in [0, 0.05) is 17.6 Å². The smallest absolute Gasteiger partial charge is 0.304 e. The number of hydrogen-bond acceptors (Lipinski definition) is 6. The summed E-state index contributed by atoms with van der Waals surface area (Å²) in [6, 6.07) is 1.64. The van der Waals surface area contributed by atoms with Crippen LogP contribution in [-0.4, -0.2) is 20.4 Å². The molecule has 0 bridgehead atoms. The van der Waals surface area contributed by atoms with Crippen LogP contribution in [0.25, 0.3) is 0 Å². The second kappa shape index (κ2) is 5.97. The van der Waals surface area contributed by atoms with Gasteiger partial charge in [-0.1, -0.05) is 11.3 Å². The van der Waals surface area contributed by atoms with Crippen molar-refractivity contribution in [2.75, 3.05) is 7.05 Å². The van der Waals surface area contributed by atoms with Crippen molar-refractivity contribution in [2.45, 2.75) is 17.3 Å². The van der Waals surface area contributed by atoms with Gasteiger partial charge in [-0.15, -0.1) is 11.3 Å². The summed E-state index contributed by atoms with van der Waals surface area (Å²) in [5, 5.41) is 6.37. The maximum Gasteiger partial charge on any atom is 0.304 e. The van der Waals surface area contributed by atoms with E-state index in [9.17, 15) is 13.2 Å². The van der Waals surface area contributed by atoms with E-state index in [-0.39, 0.29) is 15.6 Å². The predicted octanol–water partition coefficient (Wildman–Crippen LogP) is 0.696. The zero-order valence-electron chi connectivity index (χ0n) is 10.1. The quantitative estimate of drug-likeness (QED) is 0.731. The van der Waals surface area contributed by atoms with Gasteiger partial charge in [-0.25, -0.2) is 13.1 Å². The monoisotopic (exact) mass is 319 g/mol. The van der Waals surface area contributed by atoms with E-state index in [0.29, 0.717) is 12.2 Å². The lowest BCUT2D eigenvalue weighted by atomic mass is 10.3. The molecule has 6 nitrogen and oxygen atoms in total. The number of thiophene rings is 1. The molecule has 0 aliphatic heterocycles. The minimum atomic E-state index is -3.52. The van der Waals surface area contributed by atoms with Crippen LogP contribution in [0.5, 0.6) is 0 Å². The van der Waals surface area contributed by atoms with Gasteiger partial charge >= 0.3 is 4.87 Å². The van der Waals surface area contributed by atoms with Crippen LogP contribution in [0.2, 0.25) is 0 Å². The van der Waals surface area contributed by atoms with Gasteiger partial charge in [-0.2, -0.15) is 0 Å². The Balaban J connectivity index is 2.06.